The summed E-state index contributed by atoms with van der Waals surface area (Å²) in [6.07, 6.45) is 1.75. The average Bonchev–Trinajstić information content (AvgIpc) is 3.33. The zero-order valence-electron chi connectivity index (χ0n) is 16.0. The van der Waals surface area contributed by atoms with Gasteiger partial charge in [-0.05, 0) is 56.2 Å². The fourth-order valence-corrected chi connectivity index (χ4v) is 4.80. The Balaban J connectivity index is 0.000000659. The first-order chi connectivity index (χ1) is 13.1. The lowest BCUT2D eigenvalue weighted by Gasteiger charge is -1.98. The van der Waals surface area contributed by atoms with E-state index in [9.17, 15) is 0 Å². The van der Waals surface area contributed by atoms with Crippen LogP contribution in [-0.2, 0) is 0 Å². The first-order valence-corrected chi connectivity index (χ1v) is 10.6. The second-order valence-electron chi connectivity index (χ2n) is 6.47. The Hall–Kier alpha value is -2.42. The lowest BCUT2D eigenvalue weighted by Crippen LogP contribution is -1.73. The topological polar surface area (TPSA) is 0 Å². The van der Waals surface area contributed by atoms with Crippen molar-refractivity contribution in [1.82, 2.24) is 0 Å². The molecule has 0 nitrogen and oxygen atoms in total. The molecule has 0 aliphatic carbocycles. The minimum absolute atomic E-state index is 1.30. The molecule has 136 valence electrons. The summed E-state index contributed by atoms with van der Waals surface area (Å²) in [5.74, 6) is 0. The molecule has 0 aliphatic rings. The van der Waals surface area contributed by atoms with Crippen LogP contribution < -0.4 is 0 Å². The second-order valence-corrected chi connectivity index (χ2v) is 8.64. The van der Waals surface area contributed by atoms with Crippen molar-refractivity contribution in [3.63, 3.8) is 0 Å². The molecule has 0 atom stereocenters. The third-order valence-corrected chi connectivity index (χ3v) is 6.59. The van der Waals surface area contributed by atoms with Crippen LogP contribution in [0.2, 0.25) is 0 Å². The number of hydrogen-bond acceptors (Lipinski definition) is 2. The second kappa shape index (κ2) is 8.98. The Morgan fingerprint density at radius 2 is 0.852 bits per heavy atom. The first kappa shape index (κ1) is 19.3. The van der Waals surface area contributed by atoms with E-state index in [0.29, 0.717) is 0 Å². The van der Waals surface area contributed by atoms with Crippen LogP contribution in [0.3, 0.4) is 0 Å². The third kappa shape index (κ3) is 4.85. The van der Waals surface area contributed by atoms with Gasteiger partial charge >= 0.3 is 0 Å². The van der Waals surface area contributed by atoms with Crippen LogP contribution >= 0.6 is 22.7 Å². The molecule has 2 aromatic heterocycles. The molecule has 27 heavy (non-hydrogen) atoms. The molecule has 0 amide bonds. The van der Waals surface area contributed by atoms with Gasteiger partial charge in [0, 0.05) is 19.5 Å². The van der Waals surface area contributed by atoms with Gasteiger partial charge in [0.15, 0.2) is 0 Å². The maximum atomic E-state index is 3.36. The molecule has 0 bridgehead atoms. The lowest BCUT2D eigenvalue weighted by molar-refractivity contribution is 1.48. The highest BCUT2D eigenvalue weighted by Gasteiger charge is 2.08. The van der Waals surface area contributed by atoms with Crippen LogP contribution in [0.1, 0.15) is 18.1 Å². The predicted molar refractivity (Wildman–Crippen MR) is 124 cm³/mol. The van der Waals surface area contributed by atoms with E-state index in [2.05, 4.69) is 93.2 Å². The van der Waals surface area contributed by atoms with E-state index in [1.165, 1.54) is 41.8 Å². The van der Waals surface area contributed by atoms with Gasteiger partial charge in [-0.3, -0.25) is 0 Å². The summed E-state index contributed by atoms with van der Waals surface area (Å²) in [5, 5.41) is 0. The molecule has 0 N–H and O–H groups in total. The van der Waals surface area contributed by atoms with Gasteiger partial charge < -0.3 is 0 Å². The monoisotopic (exact) mass is 388 g/mol. The smallest absolute Gasteiger partial charge is 0.0449 e. The van der Waals surface area contributed by atoms with E-state index in [1.807, 2.05) is 29.6 Å². The van der Waals surface area contributed by atoms with Crippen LogP contribution in [0.25, 0.3) is 30.6 Å². The number of benzene rings is 2. The lowest BCUT2D eigenvalue weighted by atomic mass is 10.1. The Labute approximate surface area is 170 Å². The number of hydrogen-bond donors (Lipinski definition) is 0. The molecule has 0 saturated carbocycles. The molecule has 4 aromatic rings. The van der Waals surface area contributed by atoms with Crippen molar-refractivity contribution < 1.29 is 0 Å². The Kier molecular flexibility index (Phi) is 6.44. The molecule has 4 rings (SSSR count). The quantitative estimate of drug-likeness (QED) is 0.308. The molecule has 0 radical (unpaired) electrons. The SMILES string of the molecule is C=CC.Cc1ccc(-c2ccc(-c3ccc(-c4ccc(C)cc4)s3)s2)cc1. The summed E-state index contributed by atoms with van der Waals surface area (Å²) in [4.78, 5) is 5.34. The minimum atomic E-state index is 1.30. The molecule has 0 aliphatic heterocycles. The van der Waals surface area contributed by atoms with Gasteiger partial charge in [0.25, 0.3) is 0 Å². The van der Waals surface area contributed by atoms with Crippen molar-refractivity contribution in [2.24, 2.45) is 0 Å². The molecule has 2 heterocycles. The Morgan fingerprint density at radius 3 is 1.19 bits per heavy atom. The van der Waals surface area contributed by atoms with Crippen molar-refractivity contribution in [3.05, 3.63) is 96.6 Å². The van der Waals surface area contributed by atoms with E-state index in [4.69, 9.17) is 0 Å². The highest BCUT2D eigenvalue weighted by Crippen LogP contribution is 2.40. The molecular weight excluding hydrogens is 364 g/mol. The Morgan fingerprint density at radius 1 is 0.556 bits per heavy atom. The van der Waals surface area contributed by atoms with Gasteiger partial charge in [-0.15, -0.1) is 29.3 Å². The van der Waals surface area contributed by atoms with Crippen molar-refractivity contribution in [1.29, 1.82) is 0 Å². The summed E-state index contributed by atoms with van der Waals surface area (Å²) in [6, 6.07) is 26.5. The molecule has 0 fully saturated rings. The van der Waals surface area contributed by atoms with E-state index in [1.54, 1.807) is 6.08 Å². The third-order valence-electron chi connectivity index (χ3n) is 4.13. The van der Waals surface area contributed by atoms with Gasteiger partial charge in [-0.2, -0.15) is 0 Å². The maximum Gasteiger partial charge on any atom is 0.0449 e. The summed E-state index contributed by atoms with van der Waals surface area (Å²) < 4.78 is 0. The largest absolute Gasteiger partial charge is 0.134 e. The zero-order chi connectivity index (χ0) is 19.2. The van der Waals surface area contributed by atoms with Crippen LogP contribution in [0, 0.1) is 13.8 Å². The predicted octanol–water partition coefficient (Wildman–Crippen LogP) is 8.62. The molecule has 2 aromatic carbocycles. The van der Waals surface area contributed by atoms with Crippen LogP contribution in [0.4, 0.5) is 0 Å². The fourth-order valence-electron chi connectivity index (χ4n) is 2.69. The molecule has 0 saturated heterocycles. The molecular formula is C25H24S2. The highest BCUT2D eigenvalue weighted by molar-refractivity contribution is 7.25. The normalized spacial score (nSPS) is 10.2. The van der Waals surface area contributed by atoms with E-state index < -0.39 is 0 Å². The van der Waals surface area contributed by atoms with Crippen LogP contribution in [0.15, 0.2) is 85.5 Å². The zero-order valence-corrected chi connectivity index (χ0v) is 17.7. The summed E-state index contributed by atoms with van der Waals surface area (Å²) in [7, 11) is 0. The molecule has 0 unspecified atom stereocenters. The summed E-state index contributed by atoms with van der Waals surface area (Å²) in [5.41, 5.74) is 5.20. The van der Waals surface area contributed by atoms with Crippen molar-refractivity contribution in [2.75, 3.05) is 0 Å². The van der Waals surface area contributed by atoms with Crippen LogP contribution in [-0.4, -0.2) is 0 Å². The van der Waals surface area contributed by atoms with Gasteiger partial charge in [-0.25, -0.2) is 0 Å². The standard InChI is InChI=1S/C22H18S2.C3H6/c1-15-3-7-17(8-4-15)19-11-13-21(23-19)22-14-12-20(24-22)18-9-5-16(2)6-10-18;1-3-2/h3-14H,1-2H3;3H,1H2,2H3. The fraction of sp³-hybridized carbons (Fsp3) is 0.120. The summed E-state index contributed by atoms with van der Waals surface area (Å²) >= 11 is 3.73. The van der Waals surface area contributed by atoms with Crippen LogP contribution in [0.5, 0.6) is 0 Å². The van der Waals surface area contributed by atoms with Gasteiger partial charge in [0.2, 0.25) is 0 Å². The number of aryl methyl sites for hydroxylation is 2. The Bertz CT molecular complexity index is 917. The first-order valence-electron chi connectivity index (χ1n) is 9.02. The van der Waals surface area contributed by atoms with E-state index >= 15 is 0 Å². The van der Waals surface area contributed by atoms with E-state index in [-0.39, 0.29) is 0 Å². The maximum absolute atomic E-state index is 3.36. The summed E-state index contributed by atoms with van der Waals surface area (Å²) in [6.45, 7) is 9.50. The van der Waals surface area contributed by atoms with Crippen molar-refractivity contribution in [2.45, 2.75) is 20.8 Å². The number of rotatable bonds is 3. The number of thiophene rings is 2. The van der Waals surface area contributed by atoms with Gasteiger partial charge in [0.05, 0.1) is 0 Å². The van der Waals surface area contributed by atoms with Gasteiger partial charge in [0.1, 0.15) is 0 Å². The highest BCUT2D eigenvalue weighted by atomic mass is 32.1. The van der Waals surface area contributed by atoms with Gasteiger partial charge in [-0.1, -0.05) is 65.7 Å². The average molecular weight is 389 g/mol. The number of allylic oxidation sites excluding steroid dienone is 1. The minimum Gasteiger partial charge on any atom is -0.134 e. The molecule has 2 heteroatoms. The van der Waals surface area contributed by atoms with Crippen molar-refractivity contribution >= 4 is 22.7 Å². The van der Waals surface area contributed by atoms with Crippen molar-refractivity contribution in [3.8, 4) is 30.6 Å². The van der Waals surface area contributed by atoms with E-state index in [0.717, 1.165) is 0 Å². The molecule has 0 spiro atoms.